The van der Waals surface area contributed by atoms with Crippen LogP contribution in [0.5, 0.6) is 11.8 Å². The van der Waals surface area contributed by atoms with Crippen LogP contribution in [-0.4, -0.2) is 76.5 Å². The number of hydrogen-bond acceptors (Lipinski definition) is 8. The molecular weight excluding hydrogens is 485 g/mol. The number of aromatic nitrogens is 3. The zero-order valence-corrected chi connectivity index (χ0v) is 21.2. The number of anilines is 1. The number of aromatic hydroxyl groups is 1. The molecule has 1 N–H and O–H groups in total. The van der Waals surface area contributed by atoms with E-state index < -0.39 is 5.82 Å². The first-order chi connectivity index (χ1) is 18.6. The first kappa shape index (κ1) is 23.5. The molecule has 0 unspecified atom stereocenters. The fourth-order valence-corrected chi connectivity index (χ4v) is 6.44. The third-order valence-electron chi connectivity index (χ3n) is 8.34. The second-order valence-corrected chi connectivity index (χ2v) is 10.5. The lowest BCUT2D eigenvalue weighted by Crippen LogP contribution is -2.43. The molecule has 4 aromatic rings. The predicted molar refractivity (Wildman–Crippen MR) is 143 cm³/mol. The molecule has 0 amide bonds. The number of ether oxygens (including phenoxy) is 2. The smallest absolute Gasteiger partial charge is 0.319 e. The first-order valence-electron chi connectivity index (χ1n) is 13.4. The summed E-state index contributed by atoms with van der Waals surface area (Å²) >= 11 is 0. The standard InChI is InChI=1S/C29H30FN5O3/c30-24-25(22-16-20(36)15-19-5-1-2-6-21(19)22)31-17-23-26(24)32-28(33-27(23)34-11-13-37-14-12-34)38-18-29-7-3-9-35(29)10-4-8-29/h1-2,5-6,15-17,36H,3-4,7-14,18H2. The van der Waals surface area contributed by atoms with Gasteiger partial charge in [-0.3, -0.25) is 9.88 Å². The van der Waals surface area contributed by atoms with Gasteiger partial charge in [-0.05, 0) is 61.7 Å². The molecule has 5 heterocycles. The van der Waals surface area contributed by atoms with Gasteiger partial charge in [-0.1, -0.05) is 24.3 Å². The van der Waals surface area contributed by atoms with E-state index in [1.54, 1.807) is 18.3 Å². The summed E-state index contributed by atoms with van der Waals surface area (Å²) in [6.45, 7) is 5.13. The van der Waals surface area contributed by atoms with Crippen molar-refractivity contribution in [3.8, 4) is 23.0 Å². The number of benzene rings is 2. The van der Waals surface area contributed by atoms with Crippen molar-refractivity contribution >= 4 is 27.5 Å². The summed E-state index contributed by atoms with van der Waals surface area (Å²) in [5, 5.41) is 12.5. The van der Waals surface area contributed by atoms with Crippen LogP contribution in [0.4, 0.5) is 10.2 Å². The number of fused-ring (bicyclic) bond motifs is 3. The zero-order chi connectivity index (χ0) is 25.7. The van der Waals surface area contributed by atoms with Crippen molar-refractivity contribution in [3.05, 3.63) is 48.4 Å². The Morgan fingerprint density at radius 2 is 1.79 bits per heavy atom. The number of rotatable bonds is 5. The van der Waals surface area contributed by atoms with Crippen LogP contribution in [0.1, 0.15) is 25.7 Å². The summed E-state index contributed by atoms with van der Waals surface area (Å²) in [6.07, 6.45) is 6.17. The van der Waals surface area contributed by atoms with Crippen LogP contribution in [0.3, 0.4) is 0 Å². The van der Waals surface area contributed by atoms with Crippen molar-refractivity contribution in [2.75, 3.05) is 50.9 Å². The normalized spacial score (nSPS) is 19.3. The molecular formula is C29H30FN5O3. The Balaban J connectivity index is 1.35. The van der Waals surface area contributed by atoms with E-state index in [-0.39, 0.29) is 28.5 Å². The number of phenolic OH excluding ortho intramolecular Hbond substituents is 1. The second-order valence-electron chi connectivity index (χ2n) is 10.5. The van der Waals surface area contributed by atoms with E-state index in [1.165, 1.54) is 12.8 Å². The van der Waals surface area contributed by atoms with E-state index in [0.717, 1.165) is 36.7 Å². The molecule has 8 nitrogen and oxygen atoms in total. The van der Waals surface area contributed by atoms with Crippen molar-refractivity contribution in [3.63, 3.8) is 0 Å². The molecule has 0 aliphatic carbocycles. The third kappa shape index (κ3) is 3.92. The molecule has 0 atom stereocenters. The Morgan fingerprint density at radius 1 is 1.00 bits per heavy atom. The summed E-state index contributed by atoms with van der Waals surface area (Å²) in [4.78, 5) is 18.5. The lowest BCUT2D eigenvalue weighted by molar-refractivity contribution is 0.107. The van der Waals surface area contributed by atoms with Gasteiger partial charge in [-0.25, -0.2) is 4.39 Å². The van der Waals surface area contributed by atoms with Crippen LogP contribution < -0.4 is 9.64 Å². The molecule has 3 saturated heterocycles. The third-order valence-corrected chi connectivity index (χ3v) is 8.34. The molecule has 3 aliphatic rings. The Kier molecular flexibility index (Phi) is 5.78. The van der Waals surface area contributed by atoms with Crippen LogP contribution in [0, 0.1) is 5.82 Å². The van der Waals surface area contributed by atoms with Gasteiger partial charge in [0.1, 0.15) is 29.4 Å². The van der Waals surface area contributed by atoms with Gasteiger partial charge in [-0.2, -0.15) is 9.97 Å². The van der Waals surface area contributed by atoms with Crippen LogP contribution in [0.15, 0.2) is 42.6 Å². The minimum Gasteiger partial charge on any atom is -0.508 e. The van der Waals surface area contributed by atoms with Crippen molar-refractivity contribution in [2.24, 2.45) is 0 Å². The Hall–Kier alpha value is -3.56. The van der Waals surface area contributed by atoms with Crippen molar-refractivity contribution in [2.45, 2.75) is 31.2 Å². The van der Waals surface area contributed by atoms with Gasteiger partial charge in [0.15, 0.2) is 5.82 Å². The molecule has 0 bridgehead atoms. The molecule has 9 heteroatoms. The molecule has 196 valence electrons. The minimum absolute atomic E-state index is 0.0277. The average molecular weight is 516 g/mol. The van der Waals surface area contributed by atoms with E-state index in [2.05, 4.69) is 19.8 Å². The maximum atomic E-state index is 16.4. The van der Waals surface area contributed by atoms with Crippen molar-refractivity contribution in [1.82, 2.24) is 19.9 Å². The van der Waals surface area contributed by atoms with Crippen molar-refractivity contribution in [1.29, 1.82) is 0 Å². The summed E-state index contributed by atoms with van der Waals surface area (Å²) < 4.78 is 28.2. The van der Waals surface area contributed by atoms with E-state index in [9.17, 15) is 5.11 Å². The highest BCUT2D eigenvalue weighted by Gasteiger charge is 2.45. The van der Waals surface area contributed by atoms with Gasteiger partial charge < -0.3 is 19.5 Å². The van der Waals surface area contributed by atoms with Gasteiger partial charge in [0.05, 0.1) is 24.1 Å². The number of nitrogens with zero attached hydrogens (tertiary/aromatic N) is 5. The Bertz CT molecular complexity index is 1510. The summed E-state index contributed by atoms with van der Waals surface area (Å²) in [5.74, 6) is 0.110. The lowest BCUT2D eigenvalue weighted by Gasteiger charge is -2.32. The maximum Gasteiger partial charge on any atom is 0.319 e. The fraction of sp³-hybridized carbons (Fsp3) is 0.414. The number of pyridine rings is 1. The highest BCUT2D eigenvalue weighted by molar-refractivity contribution is 5.99. The quantitative estimate of drug-likeness (QED) is 0.415. The molecule has 3 fully saturated rings. The average Bonchev–Trinajstić information content (AvgIpc) is 3.53. The molecule has 2 aromatic heterocycles. The minimum atomic E-state index is -0.554. The van der Waals surface area contributed by atoms with E-state index in [4.69, 9.17) is 14.5 Å². The summed E-state index contributed by atoms with van der Waals surface area (Å²) in [6, 6.07) is 11.0. The molecule has 7 rings (SSSR count). The summed E-state index contributed by atoms with van der Waals surface area (Å²) in [5.41, 5.74) is 0.847. The number of morpholine rings is 1. The summed E-state index contributed by atoms with van der Waals surface area (Å²) in [7, 11) is 0. The molecule has 0 spiro atoms. The van der Waals surface area contributed by atoms with Crippen LogP contribution in [0.25, 0.3) is 32.9 Å². The van der Waals surface area contributed by atoms with Gasteiger partial charge in [0.25, 0.3) is 0 Å². The predicted octanol–water partition coefficient (Wildman–Crippen LogP) is 4.53. The van der Waals surface area contributed by atoms with Crippen LogP contribution >= 0.6 is 0 Å². The highest BCUT2D eigenvalue weighted by Crippen LogP contribution is 2.40. The van der Waals surface area contributed by atoms with Gasteiger partial charge >= 0.3 is 6.01 Å². The Morgan fingerprint density at radius 3 is 2.61 bits per heavy atom. The highest BCUT2D eigenvalue weighted by atomic mass is 19.1. The van der Waals surface area contributed by atoms with E-state index in [0.29, 0.717) is 49.7 Å². The molecule has 0 saturated carbocycles. The van der Waals surface area contributed by atoms with Gasteiger partial charge in [0.2, 0.25) is 0 Å². The maximum absolute atomic E-state index is 16.4. The fourth-order valence-electron chi connectivity index (χ4n) is 6.44. The van der Waals surface area contributed by atoms with Crippen molar-refractivity contribution < 1.29 is 19.0 Å². The molecule has 38 heavy (non-hydrogen) atoms. The largest absolute Gasteiger partial charge is 0.508 e. The lowest BCUT2D eigenvalue weighted by atomic mass is 9.95. The molecule has 0 radical (unpaired) electrons. The van der Waals surface area contributed by atoms with Crippen LogP contribution in [-0.2, 0) is 4.74 Å². The number of halogens is 1. The van der Waals surface area contributed by atoms with E-state index >= 15 is 4.39 Å². The number of phenols is 1. The van der Waals surface area contributed by atoms with Gasteiger partial charge in [-0.15, -0.1) is 0 Å². The van der Waals surface area contributed by atoms with Crippen LogP contribution in [0.2, 0.25) is 0 Å². The first-order valence-corrected chi connectivity index (χ1v) is 13.4. The zero-order valence-electron chi connectivity index (χ0n) is 21.2. The second kappa shape index (κ2) is 9.32. The SMILES string of the molecule is Oc1cc(-c2ncc3c(N4CCOCC4)nc(OCC45CCCN4CCC5)nc3c2F)c2ccccc2c1. The number of hydrogen-bond donors (Lipinski definition) is 1. The molecule has 3 aliphatic heterocycles. The molecule has 2 aromatic carbocycles. The monoisotopic (exact) mass is 515 g/mol. The van der Waals surface area contributed by atoms with Gasteiger partial charge in [0, 0.05) is 24.8 Å². The van der Waals surface area contributed by atoms with E-state index in [1.807, 2.05) is 24.3 Å². The Labute approximate surface area is 220 Å². The topological polar surface area (TPSA) is 83.8 Å².